The van der Waals surface area contributed by atoms with Crippen LogP contribution in [0.15, 0.2) is 36.4 Å². The van der Waals surface area contributed by atoms with Crippen molar-refractivity contribution in [2.45, 2.75) is 51.2 Å². The van der Waals surface area contributed by atoms with Crippen LogP contribution in [0.2, 0.25) is 0 Å². The van der Waals surface area contributed by atoms with Crippen molar-refractivity contribution < 1.29 is 18.7 Å². The van der Waals surface area contributed by atoms with Crippen molar-refractivity contribution in [1.29, 1.82) is 0 Å². The van der Waals surface area contributed by atoms with Crippen LogP contribution < -0.4 is 14.8 Å². The van der Waals surface area contributed by atoms with Crippen molar-refractivity contribution in [3.8, 4) is 11.5 Å². The van der Waals surface area contributed by atoms with Crippen LogP contribution in [0.1, 0.15) is 48.9 Å². The van der Waals surface area contributed by atoms with Crippen molar-refractivity contribution in [1.82, 2.24) is 10.2 Å². The molecule has 1 saturated carbocycles. The fourth-order valence-electron chi connectivity index (χ4n) is 4.55. The number of rotatable bonds is 8. The molecule has 1 fully saturated rings. The SMILES string of the molecule is CC[C@H](NC(=O)C1CC1)[C@@H]1c2cc(OC)c(OC)cc2CCN1Cc1ccc(F)cc1. The first-order chi connectivity index (χ1) is 15.0. The Kier molecular flexibility index (Phi) is 6.46. The normalized spacial score (nSPS) is 19.4. The highest BCUT2D eigenvalue weighted by atomic mass is 19.1. The number of carbonyl (C=O) groups excluding carboxylic acids is 1. The quantitative estimate of drug-likeness (QED) is 0.686. The molecule has 1 aliphatic heterocycles. The summed E-state index contributed by atoms with van der Waals surface area (Å²) in [5, 5.41) is 3.32. The Morgan fingerprint density at radius 1 is 1.16 bits per heavy atom. The first-order valence-corrected chi connectivity index (χ1v) is 11.1. The molecule has 2 aromatic carbocycles. The number of halogens is 1. The number of benzene rings is 2. The van der Waals surface area contributed by atoms with Gasteiger partial charge >= 0.3 is 0 Å². The standard InChI is InChI=1S/C25H31FN2O3/c1-4-21(27-25(29)17-7-8-17)24-20-14-23(31-3)22(30-2)13-18(20)11-12-28(24)15-16-5-9-19(26)10-6-16/h5-6,9-10,13-14,17,21,24H,4,7-8,11-12,15H2,1-3H3,(H,27,29)/t21-,24-/m0/s1. The van der Waals surface area contributed by atoms with Gasteiger partial charge in [-0.05, 0) is 66.6 Å². The van der Waals surface area contributed by atoms with E-state index in [4.69, 9.17) is 9.47 Å². The molecule has 6 heteroatoms. The van der Waals surface area contributed by atoms with Crippen LogP contribution in [0.5, 0.6) is 11.5 Å². The molecule has 1 N–H and O–H groups in total. The Morgan fingerprint density at radius 2 is 1.84 bits per heavy atom. The van der Waals surface area contributed by atoms with E-state index >= 15 is 0 Å². The van der Waals surface area contributed by atoms with E-state index < -0.39 is 0 Å². The van der Waals surface area contributed by atoms with Gasteiger partial charge in [-0.1, -0.05) is 19.1 Å². The average molecular weight is 427 g/mol. The summed E-state index contributed by atoms with van der Waals surface area (Å²) < 4.78 is 24.5. The topological polar surface area (TPSA) is 50.8 Å². The van der Waals surface area contributed by atoms with E-state index in [1.807, 2.05) is 12.1 Å². The van der Waals surface area contributed by atoms with Gasteiger partial charge in [0.15, 0.2) is 11.5 Å². The first kappa shape index (κ1) is 21.6. The maximum absolute atomic E-state index is 13.4. The fraction of sp³-hybridized carbons (Fsp3) is 0.480. The monoisotopic (exact) mass is 426 g/mol. The smallest absolute Gasteiger partial charge is 0.223 e. The predicted octanol–water partition coefficient (Wildman–Crippen LogP) is 4.25. The van der Waals surface area contributed by atoms with Crippen LogP contribution in [0.3, 0.4) is 0 Å². The molecule has 2 aromatic rings. The molecule has 1 amide bonds. The number of nitrogens with one attached hydrogen (secondary N) is 1. The van der Waals surface area contributed by atoms with Crippen molar-refractivity contribution in [2.24, 2.45) is 5.92 Å². The molecule has 1 aliphatic carbocycles. The van der Waals surface area contributed by atoms with Crippen molar-refractivity contribution in [3.63, 3.8) is 0 Å². The van der Waals surface area contributed by atoms with E-state index in [-0.39, 0.29) is 29.7 Å². The first-order valence-electron chi connectivity index (χ1n) is 11.1. The third-order valence-electron chi connectivity index (χ3n) is 6.42. The van der Waals surface area contributed by atoms with E-state index in [2.05, 4.69) is 29.3 Å². The van der Waals surface area contributed by atoms with Gasteiger partial charge in [0.25, 0.3) is 0 Å². The van der Waals surface area contributed by atoms with Gasteiger partial charge in [-0.15, -0.1) is 0 Å². The number of amides is 1. The lowest BCUT2D eigenvalue weighted by Gasteiger charge is -2.42. The van der Waals surface area contributed by atoms with Gasteiger partial charge in [0.2, 0.25) is 5.91 Å². The van der Waals surface area contributed by atoms with Crippen LogP contribution in [0.25, 0.3) is 0 Å². The van der Waals surface area contributed by atoms with Gasteiger partial charge in [-0.2, -0.15) is 0 Å². The van der Waals surface area contributed by atoms with Crippen molar-refractivity contribution in [3.05, 3.63) is 58.9 Å². The van der Waals surface area contributed by atoms with Crippen LogP contribution in [0, 0.1) is 11.7 Å². The number of hydrogen-bond acceptors (Lipinski definition) is 4. The van der Waals surface area contributed by atoms with Crippen LogP contribution in [-0.4, -0.2) is 37.6 Å². The summed E-state index contributed by atoms with van der Waals surface area (Å²) in [6, 6.07) is 10.8. The minimum absolute atomic E-state index is 0.00121. The molecule has 0 unspecified atom stereocenters. The Hall–Kier alpha value is -2.60. The molecule has 4 rings (SSSR count). The highest BCUT2D eigenvalue weighted by Crippen LogP contribution is 2.41. The highest BCUT2D eigenvalue weighted by Gasteiger charge is 2.37. The molecule has 0 spiro atoms. The number of methoxy groups -OCH3 is 2. The summed E-state index contributed by atoms with van der Waals surface area (Å²) in [7, 11) is 3.29. The number of hydrogen-bond donors (Lipinski definition) is 1. The van der Waals surface area contributed by atoms with Gasteiger partial charge in [-0.25, -0.2) is 4.39 Å². The molecular formula is C25H31FN2O3. The molecule has 0 radical (unpaired) electrons. The Morgan fingerprint density at radius 3 is 2.45 bits per heavy atom. The zero-order valence-corrected chi connectivity index (χ0v) is 18.5. The van der Waals surface area contributed by atoms with Crippen molar-refractivity contribution in [2.75, 3.05) is 20.8 Å². The number of ether oxygens (including phenoxy) is 2. The zero-order valence-electron chi connectivity index (χ0n) is 18.5. The third kappa shape index (κ3) is 4.69. The second-order valence-electron chi connectivity index (χ2n) is 8.50. The van der Waals surface area contributed by atoms with Crippen LogP contribution in [-0.2, 0) is 17.8 Å². The molecule has 0 saturated heterocycles. The molecule has 31 heavy (non-hydrogen) atoms. The lowest BCUT2D eigenvalue weighted by atomic mass is 9.86. The largest absolute Gasteiger partial charge is 0.493 e. The van der Waals surface area contributed by atoms with E-state index in [0.717, 1.165) is 49.1 Å². The summed E-state index contributed by atoms with van der Waals surface area (Å²) in [4.78, 5) is 15.0. The second-order valence-corrected chi connectivity index (χ2v) is 8.50. The number of fused-ring (bicyclic) bond motifs is 1. The Bertz CT molecular complexity index is 927. The molecule has 0 bridgehead atoms. The van der Waals surface area contributed by atoms with Crippen LogP contribution >= 0.6 is 0 Å². The Labute approximate surface area is 183 Å². The van der Waals surface area contributed by atoms with Gasteiger partial charge in [0, 0.05) is 25.0 Å². The molecule has 2 aliphatic rings. The second kappa shape index (κ2) is 9.27. The van der Waals surface area contributed by atoms with Gasteiger partial charge < -0.3 is 14.8 Å². The summed E-state index contributed by atoms with van der Waals surface area (Å²) in [6.45, 7) is 3.65. The number of carbonyl (C=O) groups is 1. The molecule has 166 valence electrons. The van der Waals surface area contributed by atoms with Crippen LogP contribution in [0.4, 0.5) is 4.39 Å². The van der Waals surface area contributed by atoms with Gasteiger partial charge in [0.1, 0.15) is 5.82 Å². The zero-order chi connectivity index (χ0) is 22.0. The lowest BCUT2D eigenvalue weighted by molar-refractivity contribution is -0.123. The molecule has 5 nitrogen and oxygen atoms in total. The van der Waals surface area contributed by atoms with Gasteiger partial charge in [0.05, 0.1) is 20.3 Å². The van der Waals surface area contributed by atoms with E-state index in [9.17, 15) is 9.18 Å². The minimum Gasteiger partial charge on any atom is -0.493 e. The molecule has 1 heterocycles. The Balaban J connectivity index is 1.70. The summed E-state index contributed by atoms with van der Waals surface area (Å²) in [6.07, 6.45) is 3.65. The van der Waals surface area contributed by atoms with E-state index in [0.29, 0.717) is 12.3 Å². The predicted molar refractivity (Wildman–Crippen MR) is 118 cm³/mol. The van der Waals surface area contributed by atoms with Crippen molar-refractivity contribution >= 4 is 5.91 Å². The molecule has 2 atom stereocenters. The third-order valence-corrected chi connectivity index (χ3v) is 6.42. The number of nitrogens with zero attached hydrogens (tertiary/aromatic N) is 1. The maximum atomic E-state index is 13.4. The molecule has 0 aromatic heterocycles. The average Bonchev–Trinajstić information content (AvgIpc) is 3.63. The van der Waals surface area contributed by atoms with Gasteiger partial charge in [-0.3, -0.25) is 9.69 Å². The lowest BCUT2D eigenvalue weighted by Crippen LogP contribution is -2.48. The summed E-state index contributed by atoms with van der Waals surface area (Å²) in [5.41, 5.74) is 3.43. The van der Waals surface area contributed by atoms with E-state index in [1.54, 1.807) is 14.2 Å². The fourth-order valence-corrected chi connectivity index (χ4v) is 4.55. The highest BCUT2D eigenvalue weighted by molar-refractivity contribution is 5.81. The van der Waals surface area contributed by atoms with E-state index in [1.165, 1.54) is 17.7 Å². The molecular weight excluding hydrogens is 395 g/mol. The minimum atomic E-state index is -0.232. The summed E-state index contributed by atoms with van der Waals surface area (Å²) >= 11 is 0. The summed E-state index contributed by atoms with van der Waals surface area (Å²) in [5.74, 6) is 1.50. The maximum Gasteiger partial charge on any atom is 0.223 e.